The summed E-state index contributed by atoms with van der Waals surface area (Å²) in [5.41, 5.74) is -0.389. The van der Waals surface area contributed by atoms with Gasteiger partial charge in [0.05, 0.1) is 0 Å². The zero-order chi connectivity index (χ0) is 12.1. The summed E-state index contributed by atoms with van der Waals surface area (Å²) < 4.78 is 63.6. The van der Waals surface area contributed by atoms with Gasteiger partial charge in [0, 0.05) is 6.07 Å². The normalized spacial score (nSPS) is 9.93. The van der Waals surface area contributed by atoms with Crippen LogP contribution in [0.15, 0.2) is 18.2 Å². The van der Waals surface area contributed by atoms with E-state index < -0.39 is 18.9 Å². The Morgan fingerprint density at radius 2 is 1.53 bits per heavy atom. The molecule has 0 fully saturated rings. The summed E-state index contributed by atoms with van der Waals surface area (Å²) in [6, 6.07) is 3.37. The maximum Gasteiger partial charge on any atom is 0.673 e. The zero-order valence-corrected chi connectivity index (χ0v) is 6.97. The summed E-state index contributed by atoms with van der Waals surface area (Å²) >= 11 is 0. The highest BCUT2D eigenvalue weighted by molar-refractivity contribution is 6.50. The van der Waals surface area contributed by atoms with Crippen LogP contribution < -0.4 is 0 Å². The fourth-order valence-electron chi connectivity index (χ4n) is 0.570. The molecule has 1 rings (SSSR count). The van der Waals surface area contributed by atoms with Crippen molar-refractivity contribution in [1.82, 2.24) is 0 Å². The molecular formula is C6H3BF6N2. The van der Waals surface area contributed by atoms with Crippen molar-refractivity contribution in [2.24, 2.45) is 0 Å². The molecule has 0 atom stereocenters. The van der Waals surface area contributed by atoms with E-state index in [9.17, 15) is 26.0 Å². The van der Waals surface area contributed by atoms with E-state index in [-0.39, 0.29) is 5.69 Å². The predicted molar refractivity (Wildman–Crippen MR) is 41.3 cm³/mol. The molecule has 15 heavy (non-hydrogen) atoms. The third kappa shape index (κ3) is 6.37. The molecule has 0 radical (unpaired) electrons. The highest BCUT2D eigenvalue weighted by Gasteiger charge is 2.20. The van der Waals surface area contributed by atoms with E-state index in [2.05, 4.69) is 4.98 Å². The van der Waals surface area contributed by atoms with Crippen LogP contribution >= 0.6 is 0 Å². The smallest absolute Gasteiger partial charge is 0.418 e. The maximum atomic E-state index is 12.4. The van der Waals surface area contributed by atoms with Crippen LogP contribution in [-0.2, 0) is 0 Å². The summed E-state index contributed by atoms with van der Waals surface area (Å²) in [6.45, 7) is 0. The van der Waals surface area contributed by atoms with Crippen LogP contribution in [0, 0.1) is 17.0 Å². The lowest BCUT2D eigenvalue weighted by atomic mass is 10.3. The van der Waals surface area contributed by atoms with E-state index in [0.717, 1.165) is 6.07 Å². The lowest BCUT2D eigenvalue weighted by Gasteiger charge is -1.94. The van der Waals surface area contributed by atoms with Crippen LogP contribution in [0.25, 0.3) is 4.98 Å². The zero-order valence-electron chi connectivity index (χ0n) is 6.97. The van der Waals surface area contributed by atoms with Crippen molar-refractivity contribution in [3.63, 3.8) is 0 Å². The number of hydrogen-bond acceptors (Lipinski definition) is 1. The van der Waals surface area contributed by atoms with Crippen molar-refractivity contribution in [2.75, 3.05) is 0 Å². The summed E-state index contributed by atoms with van der Waals surface area (Å²) in [6.07, 6.45) is 0. The van der Waals surface area contributed by atoms with Crippen LogP contribution in [0.3, 0.4) is 0 Å². The molecule has 0 spiro atoms. The Morgan fingerprint density at radius 1 is 1.07 bits per heavy atom. The number of nitrogens with zero attached hydrogens (tertiary/aromatic N) is 2. The average Bonchev–Trinajstić information content (AvgIpc) is 2.07. The maximum absolute atomic E-state index is 12.4. The summed E-state index contributed by atoms with van der Waals surface area (Å²) in [7, 11) is -6.00. The molecule has 82 valence electrons. The largest absolute Gasteiger partial charge is 0.673 e. The van der Waals surface area contributed by atoms with Crippen LogP contribution in [0.1, 0.15) is 0 Å². The Morgan fingerprint density at radius 3 is 1.87 bits per heavy atom. The molecule has 0 amide bonds. The second-order valence-corrected chi connectivity index (χ2v) is 2.17. The monoisotopic (exact) mass is 228 g/mol. The molecule has 0 aliphatic rings. The number of halogens is 6. The second-order valence-electron chi connectivity index (χ2n) is 2.17. The number of diazo groups is 1. The molecule has 0 unspecified atom stereocenters. The van der Waals surface area contributed by atoms with Crippen molar-refractivity contribution >= 4 is 12.9 Å². The van der Waals surface area contributed by atoms with Gasteiger partial charge >= 0.3 is 12.9 Å². The first kappa shape index (κ1) is 13.3. The van der Waals surface area contributed by atoms with Crippen LogP contribution in [0.5, 0.6) is 0 Å². The van der Waals surface area contributed by atoms with Crippen molar-refractivity contribution in [1.29, 1.82) is 5.39 Å². The van der Waals surface area contributed by atoms with Gasteiger partial charge in [-0.25, -0.2) is 4.39 Å². The van der Waals surface area contributed by atoms with E-state index in [1.54, 1.807) is 0 Å². The Kier molecular flexibility index (Phi) is 4.64. The van der Waals surface area contributed by atoms with Gasteiger partial charge in [0.1, 0.15) is 0 Å². The van der Waals surface area contributed by atoms with Gasteiger partial charge in [-0.05, 0) is 6.07 Å². The predicted octanol–water partition coefficient (Wildman–Crippen LogP) is 3.75. The quantitative estimate of drug-likeness (QED) is 0.377. The molecule has 9 heteroatoms. The third-order valence-corrected chi connectivity index (χ3v) is 1.04. The van der Waals surface area contributed by atoms with E-state index >= 15 is 0 Å². The standard InChI is InChI=1S/C6H3F2N2.BF4/c7-4-2-1-3-5(10-9)6(4)8;2-1(3,4)5/h1-3H;/q+1;-1. The minimum Gasteiger partial charge on any atom is -0.418 e. The molecule has 0 N–H and O–H groups in total. The molecule has 1 aromatic carbocycles. The third-order valence-electron chi connectivity index (χ3n) is 1.04. The van der Waals surface area contributed by atoms with Crippen LogP contribution in [-0.4, -0.2) is 7.25 Å². The van der Waals surface area contributed by atoms with Gasteiger partial charge in [-0.1, -0.05) is 6.07 Å². The van der Waals surface area contributed by atoms with Crippen molar-refractivity contribution < 1.29 is 26.0 Å². The van der Waals surface area contributed by atoms with Gasteiger partial charge in [0.25, 0.3) is 5.82 Å². The van der Waals surface area contributed by atoms with E-state index in [4.69, 9.17) is 5.39 Å². The molecule has 0 aliphatic carbocycles. The topological polar surface area (TPSA) is 28.1 Å². The Bertz CT molecular complexity index is 365. The summed E-state index contributed by atoms with van der Waals surface area (Å²) in [5, 5.41) is 8.06. The number of benzene rings is 1. The van der Waals surface area contributed by atoms with E-state index in [1.807, 2.05) is 0 Å². The molecule has 0 heterocycles. The van der Waals surface area contributed by atoms with Gasteiger partial charge in [-0.2, -0.15) is 4.39 Å². The molecule has 2 nitrogen and oxygen atoms in total. The van der Waals surface area contributed by atoms with Gasteiger partial charge in [-0.3, -0.25) is 0 Å². The van der Waals surface area contributed by atoms with Crippen LogP contribution in [0.2, 0.25) is 0 Å². The SMILES string of the molecule is F[B-](F)(F)F.N#[N+]c1cccc(F)c1F. The molecule has 0 bridgehead atoms. The lowest BCUT2D eigenvalue weighted by Crippen LogP contribution is -2.02. The highest BCUT2D eigenvalue weighted by Crippen LogP contribution is 2.18. The molecule has 0 aliphatic heterocycles. The minimum atomic E-state index is -6.00. The summed E-state index contributed by atoms with van der Waals surface area (Å²) in [5.74, 6) is -2.15. The van der Waals surface area contributed by atoms with Crippen LogP contribution in [0.4, 0.5) is 31.7 Å². The van der Waals surface area contributed by atoms with E-state index in [1.165, 1.54) is 12.1 Å². The molecular weight excluding hydrogens is 225 g/mol. The molecule has 0 saturated heterocycles. The lowest BCUT2D eigenvalue weighted by molar-refractivity contribution is 0.368. The van der Waals surface area contributed by atoms with E-state index in [0.29, 0.717) is 0 Å². The fourth-order valence-corrected chi connectivity index (χ4v) is 0.570. The number of rotatable bonds is 0. The van der Waals surface area contributed by atoms with Crippen molar-refractivity contribution in [3.05, 3.63) is 34.8 Å². The average molecular weight is 228 g/mol. The number of hydrogen-bond donors (Lipinski definition) is 0. The highest BCUT2D eigenvalue weighted by atomic mass is 19.5. The first-order chi connectivity index (χ1) is 6.75. The van der Waals surface area contributed by atoms with Gasteiger partial charge in [-0.15, -0.1) is 0 Å². The van der Waals surface area contributed by atoms with Crippen molar-refractivity contribution in [2.45, 2.75) is 0 Å². The van der Waals surface area contributed by atoms with Crippen molar-refractivity contribution in [3.8, 4) is 0 Å². The Hall–Kier alpha value is -1.72. The first-order valence-corrected chi connectivity index (χ1v) is 3.42. The molecule has 1 aromatic rings. The second kappa shape index (κ2) is 5.24. The summed E-state index contributed by atoms with van der Waals surface area (Å²) in [4.78, 5) is 2.52. The minimum absolute atomic E-state index is 0.389. The Balaban J connectivity index is 0.000000336. The van der Waals surface area contributed by atoms with Gasteiger partial charge < -0.3 is 17.3 Å². The molecule has 0 saturated carbocycles. The Labute approximate surface area is 80.2 Å². The van der Waals surface area contributed by atoms with Gasteiger partial charge in [0.2, 0.25) is 5.39 Å². The van der Waals surface area contributed by atoms with Gasteiger partial charge in [0.15, 0.2) is 10.8 Å². The molecule has 0 aromatic heterocycles. The first-order valence-electron chi connectivity index (χ1n) is 3.42. The fraction of sp³-hybridized carbons (Fsp3) is 0.